The zero-order chi connectivity index (χ0) is 29.8. The third kappa shape index (κ3) is 4.13. The van der Waals surface area contributed by atoms with Crippen LogP contribution in [0.5, 0.6) is 0 Å². The molecule has 8 aliphatic carbocycles. The van der Waals surface area contributed by atoms with Gasteiger partial charge in [-0.2, -0.15) is 0 Å². The summed E-state index contributed by atoms with van der Waals surface area (Å²) in [5.41, 5.74) is 5.17. The normalized spacial score (nSPS) is 36.5. The van der Waals surface area contributed by atoms with Crippen LogP contribution in [0, 0.1) is 52.5 Å². The predicted molar refractivity (Wildman–Crippen MR) is 171 cm³/mol. The maximum atomic E-state index is 13.5. The van der Waals surface area contributed by atoms with E-state index in [-0.39, 0.29) is 21.6 Å². The summed E-state index contributed by atoms with van der Waals surface area (Å²) in [6, 6.07) is 14.2. The van der Waals surface area contributed by atoms with Gasteiger partial charge in [0, 0.05) is 29.0 Å². The molecular formula is C37H42N4O3. The van der Waals surface area contributed by atoms with Crippen molar-refractivity contribution in [2.75, 3.05) is 0 Å². The Kier molecular flexibility index (Phi) is 5.81. The summed E-state index contributed by atoms with van der Waals surface area (Å²) >= 11 is 0. The second-order valence-corrected chi connectivity index (χ2v) is 16.0. The number of aromatic amines is 1. The molecule has 1 aromatic heterocycles. The molecule has 0 atom stereocenters. The van der Waals surface area contributed by atoms with Crippen molar-refractivity contribution in [1.29, 1.82) is 0 Å². The van der Waals surface area contributed by atoms with E-state index >= 15 is 0 Å². The van der Waals surface area contributed by atoms with Crippen molar-refractivity contribution >= 4 is 17.6 Å². The van der Waals surface area contributed by atoms with Gasteiger partial charge >= 0.3 is 0 Å². The van der Waals surface area contributed by atoms with Crippen LogP contribution in [0.15, 0.2) is 52.3 Å². The van der Waals surface area contributed by atoms with Gasteiger partial charge in [0.25, 0.3) is 11.2 Å². The number of hydrogen-bond acceptors (Lipinski definition) is 4. The number of benzene rings is 2. The van der Waals surface area contributed by atoms with Crippen LogP contribution < -0.4 is 5.56 Å². The van der Waals surface area contributed by atoms with E-state index in [1.165, 1.54) is 63.4 Å². The van der Waals surface area contributed by atoms with Crippen molar-refractivity contribution in [2.45, 2.75) is 94.8 Å². The summed E-state index contributed by atoms with van der Waals surface area (Å²) in [7, 11) is 0. The molecule has 8 aliphatic rings. The van der Waals surface area contributed by atoms with Crippen LogP contribution in [0.2, 0.25) is 0 Å². The minimum Gasteiger partial charge on any atom is -0.295 e. The lowest BCUT2D eigenvalue weighted by Crippen LogP contribution is -2.48. The molecule has 0 spiro atoms. The topological polar surface area (TPSA) is 93.3 Å². The highest BCUT2D eigenvalue weighted by molar-refractivity contribution is 5.83. The quantitative estimate of drug-likeness (QED) is 0.179. The lowest BCUT2D eigenvalue weighted by atomic mass is 9.48. The minimum absolute atomic E-state index is 0.0599. The molecule has 44 heavy (non-hydrogen) atoms. The van der Waals surface area contributed by atoms with Crippen LogP contribution in [0.3, 0.4) is 0 Å². The number of aromatic nitrogens is 2. The van der Waals surface area contributed by atoms with Gasteiger partial charge < -0.3 is 0 Å². The number of nitrogens with zero attached hydrogens (tertiary/aromatic N) is 3. The second-order valence-electron chi connectivity index (χ2n) is 16.0. The summed E-state index contributed by atoms with van der Waals surface area (Å²) in [6.07, 6.45) is 17.0. The average Bonchev–Trinajstić information content (AvgIpc) is 3.27. The Morgan fingerprint density at radius 2 is 1.34 bits per heavy atom. The van der Waals surface area contributed by atoms with Crippen LogP contribution in [0.4, 0.5) is 11.4 Å². The third-order valence-electron chi connectivity index (χ3n) is 13.0. The molecule has 7 heteroatoms. The van der Waals surface area contributed by atoms with Gasteiger partial charge in [-0.05, 0) is 155 Å². The number of H-pyrrole nitrogens is 1. The van der Waals surface area contributed by atoms with Gasteiger partial charge in [-0.25, -0.2) is 4.68 Å². The van der Waals surface area contributed by atoms with E-state index in [0.717, 1.165) is 54.0 Å². The summed E-state index contributed by atoms with van der Waals surface area (Å²) in [4.78, 5) is 30.2. The molecule has 7 nitrogen and oxygen atoms in total. The molecular weight excluding hydrogens is 548 g/mol. The van der Waals surface area contributed by atoms with Crippen LogP contribution in [-0.4, -0.2) is 20.9 Å². The SMILES string of the molecule is Cc1[nH]n(-c2ccc(C34CC5CC(CC(C5)C3)C4)cc2)c(=O)c1C=Nc1ccc(C23CC4CC(CC(C4)C2)C3)c([N+](=O)[O-])c1. The molecule has 11 rings (SSSR count). The van der Waals surface area contributed by atoms with Gasteiger partial charge in [0.1, 0.15) is 0 Å². The van der Waals surface area contributed by atoms with Crippen molar-refractivity contribution in [3.63, 3.8) is 0 Å². The van der Waals surface area contributed by atoms with Crippen molar-refractivity contribution < 1.29 is 4.92 Å². The Morgan fingerprint density at radius 1 is 0.818 bits per heavy atom. The fourth-order valence-electron chi connectivity index (χ4n) is 12.1. The van der Waals surface area contributed by atoms with Crippen molar-refractivity contribution in [3.05, 3.63) is 85.3 Å². The summed E-state index contributed by atoms with van der Waals surface area (Å²) in [6.45, 7) is 1.88. The van der Waals surface area contributed by atoms with Crippen LogP contribution in [0.1, 0.15) is 99.4 Å². The van der Waals surface area contributed by atoms with E-state index in [4.69, 9.17) is 0 Å². The van der Waals surface area contributed by atoms with E-state index in [1.807, 2.05) is 19.1 Å². The Morgan fingerprint density at radius 3 is 1.86 bits per heavy atom. The van der Waals surface area contributed by atoms with Crippen LogP contribution in [0.25, 0.3) is 5.69 Å². The number of hydrogen-bond donors (Lipinski definition) is 1. The zero-order valence-electron chi connectivity index (χ0n) is 25.6. The van der Waals surface area contributed by atoms with E-state index in [0.29, 0.717) is 34.4 Å². The fourth-order valence-corrected chi connectivity index (χ4v) is 12.1. The first kappa shape index (κ1) is 26.9. The maximum Gasteiger partial charge on any atom is 0.280 e. The third-order valence-corrected chi connectivity index (χ3v) is 13.0. The summed E-state index contributed by atoms with van der Waals surface area (Å²) < 4.78 is 1.60. The number of nitro benzene ring substituents is 1. The van der Waals surface area contributed by atoms with Crippen molar-refractivity contribution in [2.24, 2.45) is 40.5 Å². The molecule has 0 aliphatic heterocycles. The van der Waals surface area contributed by atoms with Gasteiger partial charge in [0.05, 0.1) is 21.9 Å². The molecule has 1 heterocycles. The Balaban J connectivity index is 0.982. The summed E-state index contributed by atoms with van der Waals surface area (Å²) in [5.74, 6) is 4.82. The summed E-state index contributed by atoms with van der Waals surface area (Å²) in [5, 5.41) is 15.5. The Hall–Kier alpha value is -3.48. The predicted octanol–water partition coefficient (Wildman–Crippen LogP) is 8.07. The molecule has 2 aromatic carbocycles. The van der Waals surface area contributed by atoms with Crippen LogP contribution in [-0.2, 0) is 10.8 Å². The number of aliphatic imine (C=N–C) groups is 1. The van der Waals surface area contributed by atoms with Gasteiger partial charge in [-0.15, -0.1) is 0 Å². The molecule has 8 bridgehead atoms. The van der Waals surface area contributed by atoms with Crippen LogP contribution >= 0.6 is 0 Å². The first-order valence-electron chi connectivity index (χ1n) is 17.0. The van der Waals surface area contributed by atoms with Gasteiger partial charge in [-0.3, -0.25) is 25.0 Å². The van der Waals surface area contributed by atoms with E-state index in [2.05, 4.69) is 34.4 Å². The molecule has 0 radical (unpaired) electrons. The Bertz CT molecular complexity index is 1670. The maximum absolute atomic E-state index is 13.5. The average molecular weight is 591 g/mol. The van der Waals surface area contributed by atoms with Gasteiger partial charge in [-0.1, -0.05) is 12.1 Å². The van der Waals surface area contributed by atoms with E-state index in [9.17, 15) is 14.9 Å². The first-order chi connectivity index (χ1) is 21.3. The second kappa shape index (κ2) is 9.51. The van der Waals surface area contributed by atoms with E-state index in [1.54, 1.807) is 17.0 Å². The molecule has 1 N–H and O–H groups in total. The molecule has 8 fully saturated rings. The fraction of sp³-hybridized carbons (Fsp3) is 0.568. The zero-order valence-corrected chi connectivity index (χ0v) is 25.6. The monoisotopic (exact) mass is 590 g/mol. The van der Waals surface area contributed by atoms with E-state index < -0.39 is 0 Å². The lowest BCUT2D eigenvalue weighted by Gasteiger charge is -2.57. The molecule has 3 aromatic rings. The Labute approximate surface area is 258 Å². The van der Waals surface area contributed by atoms with Gasteiger partial charge in [0.15, 0.2) is 0 Å². The number of rotatable bonds is 6. The highest BCUT2D eigenvalue weighted by Gasteiger charge is 2.54. The minimum atomic E-state index is -0.228. The highest BCUT2D eigenvalue weighted by Crippen LogP contribution is 2.62. The lowest BCUT2D eigenvalue weighted by molar-refractivity contribution is -0.386. The van der Waals surface area contributed by atoms with Crippen molar-refractivity contribution in [3.8, 4) is 5.69 Å². The molecule has 8 saturated carbocycles. The van der Waals surface area contributed by atoms with Crippen molar-refractivity contribution in [1.82, 2.24) is 9.78 Å². The van der Waals surface area contributed by atoms with Gasteiger partial charge in [0.2, 0.25) is 0 Å². The first-order valence-corrected chi connectivity index (χ1v) is 17.0. The standard InChI is InChI=1S/C37H42N4O3/c1-22-32(21-38-30-4-7-33(34(14-30)41(43)44)37-18-26-11-27(19-37)13-28(12-26)20-37)35(42)40(39-22)31-5-2-29(3-6-31)36-15-23-8-24(16-36)10-25(9-23)17-36/h2-7,14,21,23-28,39H,8-13,15-20H2,1H3. The largest absolute Gasteiger partial charge is 0.295 e. The highest BCUT2D eigenvalue weighted by atomic mass is 16.6. The molecule has 0 saturated heterocycles. The molecule has 228 valence electrons. The number of aryl methyl sites for hydroxylation is 1. The smallest absolute Gasteiger partial charge is 0.280 e. The number of nitrogens with one attached hydrogen (secondary N) is 1. The number of nitro groups is 1. The molecule has 0 amide bonds. The molecule has 0 unspecified atom stereocenters.